The van der Waals surface area contributed by atoms with Crippen LogP contribution in [-0.4, -0.2) is 53.6 Å². The number of rotatable bonds is 9. The molecule has 0 aliphatic rings. The van der Waals surface area contributed by atoms with Crippen LogP contribution in [0.5, 0.6) is 0 Å². The van der Waals surface area contributed by atoms with Gasteiger partial charge in [-0.25, -0.2) is 14.2 Å². The van der Waals surface area contributed by atoms with Gasteiger partial charge in [-0.05, 0) is 57.9 Å². The first-order valence-corrected chi connectivity index (χ1v) is 11.4. The van der Waals surface area contributed by atoms with Crippen molar-refractivity contribution in [2.24, 2.45) is 12.0 Å². The molecule has 196 valence electrons. The smallest absolute Gasteiger partial charge is 0.408 e. The van der Waals surface area contributed by atoms with Gasteiger partial charge in [-0.3, -0.25) is 4.68 Å². The third-order valence-corrected chi connectivity index (χ3v) is 4.50. The number of amides is 1. The Balaban J connectivity index is 0.000000362. The molecule has 36 heavy (non-hydrogen) atoms. The fraction of sp³-hybridized carbons (Fsp3) is 0.385. The Kier molecular flexibility index (Phi) is 12.1. The Morgan fingerprint density at radius 2 is 1.92 bits per heavy atom. The number of aromatic nitrogens is 2. The summed E-state index contributed by atoms with van der Waals surface area (Å²) >= 11 is 0. The molecule has 0 bridgehead atoms. The lowest BCUT2D eigenvalue weighted by molar-refractivity contribution is -0.109. The quantitative estimate of drug-likeness (QED) is 0.355. The van der Waals surface area contributed by atoms with Gasteiger partial charge in [-0.15, -0.1) is 0 Å². The van der Waals surface area contributed by atoms with Crippen LogP contribution in [-0.2, 0) is 23.0 Å². The van der Waals surface area contributed by atoms with E-state index in [4.69, 9.17) is 4.74 Å². The molecule has 1 amide bonds. The lowest BCUT2D eigenvalue weighted by atomic mass is 10.1. The number of aldehydes is 1. The van der Waals surface area contributed by atoms with E-state index in [0.717, 1.165) is 22.8 Å². The number of anilines is 1. The number of hydrogen-bond donors (Lipinski definition) is 3. The van der Waals surface area contributed by atoms with E-state index in [1.165, 1.54) is 12.1 Å². The molecule has 1 unspecified atom stereocenters. The second-order valence-electron chi connectivity index (χ2n) is 8.70. The first-order valence-electron chi connectivity index (χ1n) is 11.4. The Morgan fingerprint density at radius 1 is 1.28 bits per heavy atom. The van der Waals surface area contributed by atoms with E-state index in [1.807, 2.05) is 39.2 Å². The molecule has 0 aliphatic heterocycles. The van der Waals surface area contributed by atoms with Crippen LogP contribution in [0.1, 0.15) is 39.0 Å². The molecular weight excluding hydrogens is 463 g/mol. The van der Waals surface area contributed by atoms with Gasteiger partial charge in [0.25, 0.3) is 0 Å². The van der Waals surface area contributed by atoms with Crippen molar-refractivity contribution in [1.82, 2.24) is 20.4 Å². The van der Waals surface area contributed by atoms with E-state index in [9.17, 15) is 14.0 Å². The SMILES string of the molecule is C=C(/N=C(\C=C/C)c1cc(NC)n(C)n1)NC.CC(C)(C)OC(=O)NC(C=O)Cc1ccc(F)cc1. The van der Waals surface area contributed by atoms with Gasteiger partial charge in [-0.1, -0.05) is 24.8 Å². The van der Waals surface area contributed by atoms with E-state index in [0.29, 0.717) is 18.5 Å². The summed E-state index contributed by atoms with van der Waals surface area (Å²) in [6.45, 7) is 10.9. The number of carbonyl (C=O) groups excluding carboxylic acids is 2. The van der Waals surface area contributed by atoms with Crippen LogP contribution in [0.15, 0.2) is 59.9 Å². The molecule has 9 nitrogen and oxygen atoms in total. The lowest BCUT2D eigenvalue weighted by Crippen LogP contribution is -2.41. The van der Waals surface area contributed by atoms with Gasteiger partial charge in [0, 0.05) is 27.2 Å². The first-order chi connectivity index (χ1) is 16.9. The van der Waals surface area contributed by atoms with E-state index in [1.54, 1.807) is 44.6 Å². The van der Waals surface area contributed by atoms with Crippen molar-refractivity contribution in [3.8, 4) is 0 Å². The number of aliphatic imine (C=N–C) groups is 1. The number of hydrogen-bond acceptors (Lipinski definition) is 7. The Hall–Kier alpha value is -3.95. The standard InChI is InChI=1S/C14H18FNO3.C12H19N5/c1-14(2,3)19-13(18)16-12(9-17)8-10-4-6-11(15)7-5-10;1-6-7-10(15-9(2)13-3)11-8-12(14-4)17(5)16-11/h4-7,9,12H,8H2,1-3H3,(H,16,18);6-8,13-14H,2H2,1,3-5H3/b;7-6-,15-10+. The van der Waals surface area contributed by atoms with Crippen molar-refractivity contribution in [1.29, 1.82) is 0 Å². The number of allylic oxidation sites excluding steroid dienone is 2. The third-order valence-electron chi connectivity index (χ3n) is 4.50. The molecule has 2 rings (SSSR count). The number of carbonyl (C=O) groups is 2. The summed E-state index contributed by atoms with van der Waals surface area (Å²) < 4.78 is 19.6. The van der Waals surface area contributed by atoms with Gasteiger partial charge in [0.05, 0.1) is 11.8 Å². The highest BCUT2D eigenvalue weighted by Gasteiger charge is 2.19. The van der Waals surface area contributed by atoms with Gasteiger partial charge in [0.15, 0.2) is 0 Å². The summed E-state index contributed by atoms with van der Waals surface area (Å²) in [6, 6.07) is 7.02. The largest absolute Gasteiger partial charge is 0.444 e. The molecule has 1 aromatic carbocycles. The highest BCUT2D eigenvalue weighted by molar-refractivity contribution is 6.08. The molecular formula is C26H37FN6O3. The maximum atomic E-state index is 12.7. The average molecular weight is 501 g/mol. The van der Waals surface area contributed by atoms with Crippen LogP contribution >= 0.6 is 0 Å². The second-order valence-corrected chi connectivity index (χ2v) is 8.70. The third kappa shape index (κ3) is 11.0. The van der Waals surface area contributed by atoms with E-state index >= 15 is 0 Å². The highest BCUT2D eigenvalue weighted by Crippen LogP contribution is 2.11. The van der Waals surface area contributed by atoms with Gasteiger partial charge in [0.1, 0.15) is 35.0 Å². The maximum absolute atomic E-state index is 12.7. The van der Waals surface area contributed by atoms with Gasteiger partial charge < -0.3 is 25.5 Å². The van der Waals surface area contributed by atoms with Crippen LogP contribution in [0, 0.1) is 5.82 Å². The summed E-state index contributed by atoms with van der Waals surface area (Å²) in [5.74, 6) is 1.20. The number of alkyl carbamates (subject to hydrolysis) is 1. The minimum absolute atomic E-state index is 0.295. The number of halogens is 1. The average Bonchev–Trinajstić information content (AvgIpc) is 3.19. The molecule has 1 heterocycles. The number of ether oxygens (including phenoxy) is 1. The van der Waals surface area contributed by atoms with Crippen LogP contribution in [0.4, 0.5) is 15.0 Å². The molecule has 0 aliphatic carbocycles. The molecule has 0 saturated carbocycles. The zero-order chi connectivity index (χ0) is 27.3. The molecule has 2 aromatic rings. The topological polar surface area (TPSA) is 110 Å². The predicted molar refractivity (Wildman–Crippen MR) is 142 cm³/mol. The Morgan fingerprint density at radius 3 is 2.39 bits per heavy atom. The summed E-state index contributed by atoms with van der Waals surface area (Å²) in [5, 5.41) is 12.8. The van der Waals surface area contributed by atoms with E-state index in [2.05, 4.69) is 32.6 Å². The highest BCUT2D eigenvalue weighted by atomic mass is 19.1. The van der Waals surface area contributed by atoms with Crippen molar-refractivity contribution in [2.75, 3.05) is 19.4 Å². The van der Waals surface area contributed by atoms with Gasteiger partial charge >= 0.3 is 6.09 Å². The van der Waals surface area contributed by atoms with Crippen molar-refractivity contribution >= 4 is 23.9 Å². The fourth-order valence-electron chi connectivity index (χ4n) is 2.83. The molecule has 10 heteroatoms. The molecule has 0 spiro atoms. The van der Waals surface area contributed by atoms with Crippen molar-refractivity contribution in [3.63, 3.8) is 0 Å². The number of benzene rings is 1. The van der Waals surface area contributed by atoms with E-state index < -0.39 is 17.7 Å². The maximum Gasteiger partial charge on any atom is 0.408 e. The minimum Gasteiger partial charge on any atom is -0.444 e. The van der Waals surface area contributed by atoms with Crippen molar-refractivity contribution < 1.29 is 18.7 Å². The molecule has 0 radical (unpaired) electrons. The lowest BCUT2D eigenvalue weighted by Gasteiger charge is -2.21. The Labute approximate surface area is 212 Å². The second kappa shape index (κ2) is 14.4. The normalized spacial score (nSPS) is 12.3. The summed E-state index contributed by atoms with van der Waals surface area (Å²) in [6.07, 6.45) is 4.11. The monoisotopic (exact) mass is 500 g/mol. The molecule has 0 fully saturated rings. The summed E-state index contributed by atoms with van der Waals surface area (Å²) in [4.78, 5) is 26.8. The zero-order valence-electron chi connectivity index (χ0n) is 22.1. The fourth-order valence-corrected chi connectivity index (χ4v) is 2.83. The van der Waals surface area contributed by atoms with Crippen LogP contribution < -0.4 is 16.0 Å². The van der Waals surface area contributed by atoms with Crippen molar-refractivity contribution in [2.45, 2.75) is 45.8 Å². The molecule has 1 aromatic heterocycles. The van der Waals surface area contributed by atoms with Crippen molar-refractivity contribution in [3.05, 3.63) is 72.0 Å². The van der Waals surface area contributed by atoms with Gasteiger partial charge in [-0.2, -0.15) is 5.10 Å². The summed E-state index contributed by atoms with van der Waals surface area (Å²) in [5.41, 5.74) is 1.73. The minimum atomic E-state index is -0.694. The zero-order valence-corrected chi connectivity index (χ0v) is 22.1. The number of nitrogens with zero attached hydrogens (tertiary/aromatic N) is 3. The predicted octanol–water partition coefficient (Wildman–Crippen LogP) is 3.98. The van der Waals surface area contributed by atoms with Crippen LogP contribution in [0.3, 0.4) is 0 Å². The first kappa shape index (κ1) is 30.1. The van der Waals surface area contributed by atoms with Crippen LogP contribution in [0.25, 0.3) is 0 Å². The molecule has 3 N–H and O–H groups in total. The number of aryl methyl sites for hydroxylation is 1. The molecule has 0 saturated heterocycles. The Bertz CT molecular complexity index is 1070. The number of nitrogens with one attached hydrogen (secondary N) is 3. The van der Waals surface area contributed by atoms with E-state index in [-0.39, 0.29) is 5.82 Å². The molecule has 1 atom stereocenters. The van der Waals surface area contributed by atoms with Crippen LogP contribution in [0.2, 0.25) is 0 Å². The summed E-state index contributed by atoms with van der Waals surface area (Å²) in [7, 11) is 5.53. The van der Waals surface area contributed by atoms with Gasteiger partial charge in [0.2, 0.25) is 0 Å².